The van der Waals surface area contributed by atoms with E-state index in [2.05, 4.69) is 6.58 Å². The Hall–Kier alpha value is -1.39. The predicted octanol–water partition coefficient (Wildman–Crippen LogP) is 2.47. The smallest absolute Gasteiger partial charge is 0.275 e. The number of halogens is 1. The second-order valence-electron chi connectivity index (χ2n) is 2.64. The highest BCUT2D eigenvalue weighted by Gasteiger charge is 2.18. The number of aliphatic hydroxyl groups is 1. The molecule has 0 heterocycles. The van der Waals surface area contributed by atoms with Crippen LogP contribution in [0.2, 0.25) is 5.02 Å². The van der Waals surface area contributed by atoms with Crippen molar-refractivity contribution in [2.24, 2.45) is 0 Å². The fourth-order valence-corrected chi connectivity index (χ4v) is 1.24. The Labute approximate surface area is 85.6 Å². The average Bonchev–Trinajstić information content (AvgIpc) is 2.16. The predicted molar refractivity (Wildman–Crippen MR) is 53.3 cm³/mol. The fourth-order valence-electron chi connectivity index (χ4n) is 1.06. The van der Waals surface area contributed by atoms with Gasteiger partial charge in [0.2, 0.25) is 0 Å². The van der Waals surface area contributed by atoms with Gasteiger partial charge in [-0.3, -0.25) is 10.1 Å². The van der Waals surface area contributed by atoms with Crippen molar-refractivity contribution in [1.29, 1.82) is 0 Å². The van der Waals surface area contributed by atoms with Gasteiger partial charge in [0.25, 0.3) is 5.69 Å². The molecule has 1 aromatic carbocycles. The molecule has 1 aromatic rings. The molecule has 0 saturated heterocycles. The van der Waals surface area contributed by atoms with E-state index in [1.165, 1.54) is 24.3 Å². The lowest BCUT2D eigenvalue weighted by atomic mass is 10.1. The molecule has 74 valence electrons. The lowest BCUT2D eigenvalue weighted by Gasteiger charge is -2.06. The lowest BCUT2D eigenvalue weighted by molar-refractivity contribution is -0.386. The second kappa shape index (κ2) is 4.21. The van der Waals surface area contributed by atoms with Crippen molar-refractivity contribution in [2.75, 3.05) is 0 Å². The molecular weight excluding hydrogens is 206 g/mol. The first-order valence-electron chi connectivity index (χ1n) is 3.80. The van der Waals surface area contributed by atoms with Crippen LogP contribution < -0.4 is 0 Å². The van der Waals surface area contributed by atoms with Crippen LogP contribution in [0.15, 0.2) is 30.9 Å². The van der Waals surface area contributed by atoms with Gasteiger partial charge in [0.1, 0.15) is 6.10 Å². The normalized spacial score (nSPS) is 12.1. The summed E-state index contributed by atoms with van der Waals surface area (Å²) in [6, 6.07) is 4.01. The van der Waals surface area contributed by atoms with Gasteiger partial charge in [-0.25, -0.2) is 0 Å². The molecule has 1 N–H and O–H groups in total. The molecular formula is C9H8ClNO3. The summed E-state index contributed by atoms with van der Waals surface area (Å²) >= 11 is 5.65. The minimum atomic E-state index is -1.07. The molecule has 14 heavy (non-hydrogen) atoms. The first kappa shape index (κ1) is 10.7. The maximum absolute atomic E-state index is 10.6. The van der Waals surface area contributed by atoms with Crippen LogP contribution in [0.4, 0.5) is 5.69 Å². The fraction of sp³-hybridized carbons (Fsp3) is 0.111. The molecule has 0 aliphatic rings. The molecule has 0 spiro atoms. The third kappa shape index (κ3) is 2.10. The lowest BCUT2D eigenvalue weighted by Crippen LogP contribution is -1.99. The molecule has 0 fully saturated rings. The maximum atomic E-state index is 10.6. The van der Waals surface area contributed by atoms with Crippen molar-refractivity contribution in [3.63, 3.8) is 0 Å². The van der Waals surface area contributed by atoms with Gasteiger partial charge in [-0.05, 0) is 12.1 Å². The largest absolute Gasteiger partial charge is 0.384 e. The zero-order valence-electron chi connectivity index (χ0n) is 7.18. The van der Waals surface area contributed by atoms with E-state index in [1.807, 2.05) is 0 Å². The molecule has 0 amide bonds. The third-order valence-corrected chi connectivity index (χ3v) is 1.96. The standard InChI is InChI=1S/C9H8ClNO3/c1-2-9(12)7-5-6(10)3-4-8(7)11(13)14/h2-5,9,12H,1H2. The Morgan fingerprint density at radius 1 is 1.64 bits per heavy atom. The van der Waals surface area contributed by atoms with E-state index in [9.17, 15) is 15.2 Å². The highest BCUT2D eigenvalue weighted by atomic mass is 35.5. The summed E-state index contributed by atoms with van der Waals surface area (Å²) in [5.41, 5.74) is -0.0145. The highest BCUT2D eigenvalue weighted by molar-refractivity contribution is 6.30. The molecule has 1 rings (SSSR count). The molecule has 0 saturated carbocycles. The van der Waals surface area contributed by atoms with E-state index >= 15 is 0 Å². The molecule has 4 nitrogen and oxygen atoms in total. The van der Waals surface area contributed by atoms with Gasteiger partial charge in [-0.1, -0.05) is 17.7 Å². The summed E-state index contributed by atoms with van der Waals surface area (Å²) in [7, 11) is 0. The molecule has 1 atom stereocenters. The molecule has 1 unspecified atom stereocenters. The molecule has 0 bridgehead atoms. The van der Waals surface area contributed by atoms with Crippen LogP contribution in [-0.2, 0) is 0 Å². The van der Waals surface area contributed by atoms with Gasteiger partial charge in [0, 0.05) is 11.1 Å². The molecule has 0 aliphatic heterocycles. The van der Waals surface area contributed by atoms with Crippen molar-refractivity contribution in [3.8, 4) is 0 Å². The summed E-state index contributed by atoms with van der Waals surface area (Å²) in [6.45, 7) is 3.35. The molecule has 0 aromatic heterocycles. The zero-order valence-corrected chi connectivity index (χ0v) is 7.94. The highest BCUT2D eigenvalue weighted by Crippen LogP contribution is 2.28. The van der Waals surface area contributed by atoms with Gasteiger partial charge in [0.05, 0.1) is 10.5 Å². The number of nitrogens with zero attached hydrogens (tertiary/aromatic N) is 1. The summed E-state index contributed by atoms with van der Waals surface area (Å²) in [5.74, 6) is 0. The first-order valence-corrected chi connectivity index (χ1v) is 4.18. The van der Waals surface area contributed by atoms with E-state index in [0.717, 1.165) is 0 Å². The van der Waals surface area contributed by atoms with Crippen molar-refractivity contribution < 1.29 is 10.0 Å². The minimum absolute atomic E-state index is 0.150. The number of hydrogen-bond acceptors (Lipinski definition) is 3. The summed E-state index contributed by atoms with van der Waals surface area (Å²) in [4.78, 5) is 10.00. The van der Waals surface area contributed by atoms with E-state index in [-0.39, 0.29) is 11.3 Å². The molecule has 0 aliphatic carbocycles. The van der Waals surface area contributed by atoms with Crippen LogP contribution in [0, 0.1) is 10.1 Å². The van der Waals surface area contributed by atoms with Gasteiger partial charge in [0.15, 0.2) is 0 Å². The quantitative estimate of drug-likeness (QED) is 0.477. The SMILES string of the molecule is C=CC(O)c1cc(Cl)ccc1[N+](=O)[O-]. The summed E-state index contributed by atoms with van der Waals surface area (Å²) < 4.78 is 0. The van der Waals surface area contributed by atoms with E-state index in [4.69, 9.17) is 11.6 Å². The second-order valence-corrected chi connectivity index (χ2v) is 3.08. The molecule has 5 heteroatoms. The average molecular weight is 214 g/mol. The monoisotopic (exact) mass is 213 g/mol. The van der Waals surface area contributed by atoms with Crippen LogP contribution >= 0.6 is 11.6 Å². The van der Waals surface area contributed by atoms with Crippen LogP contribution in [0.5, 0.6) is 0 Å². The van der Waals surface area contributed by atoms with E-state index in [0.29, 0.717) is 5.02 Å². The number of aliphatic hydroxyl groups excluding tert-OH is 1. The maximum Gasteiger partial charge on any atom is 0.275 e. The Morgan fingerprint density at radius 3 is 2.79 bits per heavy atom. The van der Waals surface area contributed by atoms with E-state index in [1.54, 1.807) is 0 Å². The van der Waals surface area contributed by atoms with Crippen LogP contribution in [0.3, 0.4) is 0 Å². The van der Waals surface area contributed by atoms with Crippen molar-refractivity contribution in [1.82, 2.24) is 0 Å². The zero-order chi connectivity index (χ0) is 10.7. The van der Waals surface area contributed by atoms with Crippen molar-refractivity contribution in [3.05, 3.63) is 51.6 Å². The van der Waals surface area contributed by atoms with Crippen molar-refractivity contribution >= 4 is 17.3 Å². The Bertz CT molecular complexity index is 378. The van der Waals surface area contributed by atoms with E-state index < -0.39 is 11.0 Å². The molecule has 0 radical (unpaired) electrons. The Balaban J connectivity index is 3.29. The first-order chi connectivity index (χ1) is 6.56. The topological polar surface area (TPSA) is 63.4 Å². The van der Waals surface area contributed by atoms with Gasteiger partial charge in [-0.15, -0.1) is 6.58 Å². The van der Waals surface area contributed by atoms with Crippen LogP contribution in [-0.4, -0.2) is 10.0 Å². The number of benzene rings is 1. The Morgan fingerprint density at radius 2 is 2.29 bits per heavy atom. The van der Waals surface area contributed by atoms with Crippen molar-refractivity contribution in [2.45, 2.75) is 6.10 Å². The minimum Gasteiger partial charge on any atom is -0.384 e. The van der Waals surface area contributed by atoms with Gasteiger partial charge in [-0.2, -0.15) is 0 Å². The number of hydrogen-bond donors (Lipinski definition) is 1. The number of nitro benzene ring substituents is 1. The van der Waals surface area contributed by atoms with Crippen LogP contribution in [0.1, 0.15) is 11.7 Å². The number of nitro groups is 1. The summed E-state index contributed by atoms with van der Waals surface area (Å²) in [5, 5.41) is 20.3. The third-order valence-electron chi connectivity index (χ3n) is 1.73. The summed E-state index contributed by atoms with van der Waals surface area (Å²) in [6.07, 6.45) is 0.132. The Kier molecular flexibility index (Phi) is 3.22. The van der Waals surface area contributed by atoms with Gasteiger partial charge >= 0.3 is 0 Å². The van der Waals surface area contributed by atoms with Gasteiger partial charge < -0.3 is 5.11 Å². The van der Waals surface area contributed by atoms with Crippen LogP contribution in [0.25, 0.3) is 0 Å². The number of rotatable bonds is 3.